The zero-order chi connectivity index (χ0) is 24.5. The Hall–Kier alpha value is -4.68. The Labute approximate surface area is 190 Å². The lowest BCUT2D eigenvalue weighted by Crippen LogP contribution is -2.05. The van der Waals surface area contributed by atoms with E-state index in [0.29, 0.717) is 16.8 Å². The van der Waals surface area contributed by atoms with Gasteiger partial charge in [0.25, 0.3) is 5.69 Å². The van der Waals surface area contributed by atoms with Gasteiger partial charge in [0.05, 0.1) is 22.4 Å². The van der Waals surface area contributed by atoms with Gasteiger partial charge in [-0.3, -0.25) is 14.8 Å². The summed E-state index contributed by atoms with van der Waals surface area (Å²) in [6.07, 6.45) is 0.203. The van der Waals surface area contributed by atoms with E-state index in [9.17, 15) is 23.3 Å². The third-order valence-corrected chi connectivity index (χ3v) is 4.69. The molecule has 0 aliphatic carbocycles. The summed E-state index contributed by atoms with van der Waals surface area (Å²) < 4.78 is 40.5. The Balaban J connectivity index is 1.75. The van der Waals surface area contributed by atoms with E-state index in [0.717, 1.165) is 12.1 Å². The normalized spacial score (nSPS) is 11.3. The molecule has 0 aliphatic heterocycles. The van der Waals surface area contributed by atoms with Crippen molar-refractivity contribution in [1.82, 2.24) is 19.7 Å². The van der Waals surface area contributed by atoms with Crippen LogP contribution in [0.25, 0.3) is 11.1 Å². The number of anilines is 5. The number of nitrogens with zero attached hydrogens (tertiary/aromatic N) is 5. The minimum Gasteiger partial charge on any atom is -0.398 e. The number of halogens is 3. The Morgan fingerprint density at radius 1 is 1.06 bits per heavy atom. The minimum absolute atomic E-state index is 0.149. The fraction of sp³-hybridized carbons (Fsp3) is 0.0952. The molecule has 0 fully saturated rings. The van der Waals surface area contributed by atoms with Gasteiger partial charge in [0.15, 0.2) is 0 Å². The molecule has 174 valence electrons. The van der Waals surface area contributed by atoms with Gasteiger partial charge >= 0.3 is 6.18 Å². The number of nitrogens with one attached hydrogen (secondary N) is 2. The maximum absolute atomic E-state index is 13.0. The lowest BCUT2D eigenvalue weighted by molar-refractivity contribution is -0.384. The molecule has 0 bridgehead atoms. The number of aromatic nitrogens is 4. The van der Waals surface area contributed by atoms with Gasteiger partial charge in [-0.1, -0.05) is 12.1 Å². The van der Waals surface area contributed by atoms with E-state index in [1.807, 2.05) is 0 Å². The quantitative estimate of drug-likeness (QED) is 0.206. The standard InChI is InChI=1S/C21H17F3N8O2/c1-31-11-16(9-27-31)29-20-26-10-18(12-2-4-13(5-3-12)21(22,23)24)19(30-20)28-15-6-14(25)7-17(8-15)32(33)34/h2-11H,25H2,1H3,(H2,26,28,29,30). The van der Waals surface area contributed by atoms with Crippen molar-refractivity contribution in [2.24, 2.45) is 7.05 Å². The van der Waals surface area contributed by atoms with Crippen LogP contribution < -0.4 is 16.4 Å². The third kappa shape index (κ3) is 5.03. The van der Waals surface area contributed by atoms with Gasteiger partial charge in [-0.15, -0.1) is 0 Å². The largest absolute Gasteiger partial charge is 0.416 e. The Morgan fingerprint density at radius 2 is 1.79 bits per heavy atom. The lowest BCUT2D eigenvalue weighted by atomic mass is 10.1. The first-order valence-corrected chi connectivity index (χ1v) is 9.71. The van der Waals surface area contributed by atoms with Crippen LogP contribution in [0.1, 0.15) is 5.56 Å². The molecule has 2 aromatic carbocycles. The van der Waals surface area contributed by atoms with Gasteiger partial charge < -0.3 is 16.4 Å². The van der Waals surface area contributed by atoms with Crippen molar-refractivity contribution in [3.8, 4) is 11.1 Å². The molecule has 2 aromatic heterocycles. The number of hydrogen-bond donors (Lipinski definition) is 3. The van der Waals surface area contributed by atoms with Crippen molar-refractivity contribution in [3.05, 3.63) is 76.7 Å². The molecule has 0 atom stereocenters. The van der Waals surface area contributed by atoms with Crippen molar-refractivity contribution in [3.63, 3.8) is 0 Å². The molecule has 2 heterocycles. The second-order valence-electron chi connectivity index (χ2n) is 7.25. The molecule has 10 nitrogen and oxygen atoms in total. The number of nitrogen functional groups attached to an aromatic ring is 1. The maximum atomic E-state index is 13.0. The number of non-ortho nitro benzene ring substituents is 1. The highest BCUT2D eigenvalue weighted by molar-refractivity contribution is 5.80. The highest BCUT2D eigenvalue weighted by Gasteiger charge is 2.30. The predicted octanol–water partition coefficient (Wildman–Crippen LogP) is 4.87. The van der Waals surface area contributed by atoms with Crippen molar-refractivity contribution in [1.29, 1.82) is 0 Å². The van der Waals surface area contributed by atoms with Crippen LogP contribution in [0.2, 0.25) is 0 Å². The number of nitro benzene ring substituents is 1. The molecule has 0 saturated heterocycles. The molecule has 0 amide bonds. The third-order valence-electron chi connectivity index (χ3n) is 4.69. The summed E-state index contributed by atoms with van der Waals surface area (Å²) in [4.78, 5) is 19.3. The van der Waals surface area contributed by atoms with Gasteiger partial charge in [-0.2, -0.15) is 23.3 Å². The van der Waals surface area contributed by atoms with Crippen molar-refractivity contribution in [2.75, 3.05) is 16.4 Å². The average Bonchev–Trinajstić information content (AvgIpc) is 3.17. The van der Waals surface area contributed by atoms with Gasteiger partial charge in [-0.25, -0.2) is 4.98 Å². The molecule has 4 aromatic rings. The van der Waals surface area contributed by atoms with Crippen LogP contribution >= 0.6 is 0 Å². The predicted molar refractivity (Wildman–Crippen MR) is 120 cm³/mol. The fourth-order valence-electron chi connectivity index (χ4n) is 3.15. The first-order chi connectivity index (χ1) is 16.1. The molecular weight excluding hydrogens is 453 g/mol. The Morgan fingerprint density at radius 3 is 2.41 bits per heavy atom. The number of nitrogens with two attached hydrogens (primary N) is 1. The summed E-state index contributed by atoms with van der Waals surface area (Å²) in [5, 5.41) is 21.2. The lowest BCUT2D eigenvalue weighted by Gasteiger charge is -2.14. The SMILES string of the molecule is Cn1cc(Nc2ncc(-c3ccc(C(F)(F)F)cc3)c(Nc3cc(N)cc([N+](=O)[O-])c3)n2)cn1. The van der Waals surface area contributed by atoms with Crippen LogP contribution in [-0.2, 0) is 13.2 Å². The van der Waals surface area contributed by atoms with Crippen molar-refractivity contribution in [2.45, 2.75) is 6.18 Å². The molecule has 0 aliphatic rings. The zero-order valence-electron chi connectivity index (χ0n) is 17.5. The van der Waals surface area contributed by atoms with Gasteiger partial charge in [0, 0.05) is 48.5 Å². The molecule has 13 heteroatoms. The number of aryl methyl sites for hydroxylation is 1. The molecule has 0 radical (unpaired) electrons. The van der Waals surface area contributed by atoms with Gasteiger partial charge in [-0.05, 0) is 23.8 Å². The average molecular weight is 470 g/mol. The zero-order valence-corrected chi connectivity index (χ0v) is 17.5. The monoisotopic (exact) mass is 470 g/mol. The van der Waals surface area contributed by atoms with E-state index in [2.05, 4.69) is 25.7 Å². The van der Waals surface area contributed by atoms with E-state index < -0.39 is 16.7 Å². The molecular formula is C21H17F3N8O2. The smallest absolute Gasteiger partial charge is 0.398 e. The first-order valence-electron chi connectivity index (χ1n) is 9.71. The maximum Gasteiger partial charge on any atom is 0.416 e. The van der Waals surface area contributed by atoms with E-state index in [-0.39, 0.29) is 28.8 Å². The topological polar surface area (TPSA) is 137 Å². The van der Waals surface area contributed by atoms with E-state index in [1.54, 1.807) is 24.1 Å². The van der Waals surface area contributed by atoms with Crippen LogP contribution in [-0.4, -0.2) is 24.7 Å². The Bertz CT molecular complexity index is 1350. The number of benzene rings is 2. The molecule has 0 saturated carbocycles. The van der Waals surface area contributed by atoms with E-state index >= 15 is 0 Å². The van der Waals surface area contributed by atoms with Gasteiger partial charge in [0.2, 0.25) is 5.95 Å². The number of hydrogen-bond acceptors (Lipinski definition) is 8. The summed E-state index contributed by atoms with van der Waals surface area (Å²) in [7, 11) is 1.74. The molecule has 4 rings (SSSR count). The van der Waals surface area contributed by atoms with E-state index in [1.165, 1.54) is 36.5 Å². The summed E-state index contributed by atoms with van der Waals surface area (Å²) in [6.45, 7) is 0. The van der Waals surface area contributed by atoms with Crippen LogP contribution in [0.5, 0.6) is 0 Å². The van der Waals surface area contributed by atoms with Crippen LogP contribution in [0.15, 0.2) is 61.1 Å². The molecule has 0 spiro atoms. The summed E-state index contributed by atoms with van der Waals surface area (Å²) in [6, 6.07) is 8.43. The summed E-state index contributed by atoms with van der Waals surface area (Å²) >= 11 is 0. The number of nitro groups is 1. The molecule has 34 heavy (non-hydrogen) atoms. The highest BCUT2D eigenvalue weighted by atomic mass is 19.4. The van der Waals surface area contributed by atoms with Crippen molar-refractivity contribution >= 4 is 34.5 Å². The summed E-state index contributed by atoms with van der Waals surface area (Å²) in [5.41, 5.74) is 6.55. The second-order valence-corrected chi connectivity index (χ2v) is 7.25. The first kappa shape index (κ1) is 22.5. The van der Waals surface area contributed by atoms with Crippen LogP contribution in [0.4, 0.5) is 47.7 Å². The number of alkyl halides is 3. The highest BCUT2D eigenvalue weighted by Crippen LogP contribution is 2.34. The number of rotatable bonds is 6. The Kier molecular flexibility index (Phi) is 5.75. The minimum atomic E-state index is -4.48. The molecule has 4 N–H and O–H groups in total. The van der Waals surface area contributed by atoms with Crippen molar-refractivity contribution < 1.29 is 18.1 Å². The summed E-state index contributed by atoms with van der Waals surface area (Å²) in [5.74, 6) is 0.366. The van der Waals surface area contributed by atoms with E-state index in [4.69, 9.17) is 5.73 Å². The van der Waals surface area contributed by atoms with Gasteiger partial charge in [0.1, 0.15) is 5.82 Å². The van der Waals surface area contributed by atoms with Crippen LogP contribution in [0, 0.1) is 10.1 Å². The molecule has 0 unspecified atom stereocenters. The van der Waals surface area contributed by atoms with Crippen LogP contribution in [0.3, 0.4) is 0 Å². The fourth-order valence-corrected chi connectivity index (χ4v) is 3.15. The second kappa shape index (κ2) is 8.69.